The Morgan fingerprint density at radius 1 is 1.33 bits per heavy atom. The number of aromatic nitrogens is 4. The highest BCUT2D eigenvalue weighted by Crippen LogP contribution is 2.29. The Labute approximate surface area is 156 Å². The SMILES string of the molecule is Cc1nn(C)c(C)c1CNC(=O)[C@H]1CC(=O)N(c2n[nH]c3ccccc23)C1. The minimum absolute atomic E-state index is 0.0823. The molecule has 0 unspecified atom stereocenters. The number of benzene rings is 1. The lowest BCUT2D eigenvalue weighted by molar-refractivity contribution is -0.126. The summed E-state index contributed by atoms with van der Waals surface area (Å²) in [6.45, 7) is 4.66. The number of anilines is 1. The van der Waals surface area contributed by atoms with E-state index in [4.69, 9.17) is 0 Å². The number of hydrogen-bond acceptors (Lipinski definition) is 4. The van der Waals surface area contributed by atoms with E-state index in [1.165, 1.54) is 0 Å². The summed E-state index contributed by atoms with van der Waals surface area (Å²) in [4.78, 5) is 26.7. The summed E-state index contributed by atoms with van der Waals surface area (Å²) < 4.78 is 1.81. The van der Waals surface area contributed by atoms with Gasteiger partial charge in [0.05, 0.1) is 17.1 Å². The molecule has 8 heteroatoms. The van der Waals surface area contributed by atoms with Gasteiger partial charge in [-0.15, -0.1) is 0 Å². The lowest BCUT2D eigenvalue weighted by Gasteiger charge is -2.14. The zero-order valence-corrected chi connectivity index (χ0v) is 15.6. The van der Waals surface area contributed by atoms with Crippen LogP contribution in [0.25, 0.3) is 10.9 Å². The number of amides is 2. The van der Waals surface area contributed by atoms with Gasteiger partial charge in [-0.2, -0.15) is 10.2 Å². The fourth-order valence-corrected chi connectivity index (χ4v) is 3.64. The number of aryl methyl sites for hydroxylation is 2. The zero-order valence-electron chi connectivity index (χ0n) is 15.6. The molecule has 1 aliphatic rings. The second kappa shape index (κ2) is 6.53. The lowest BCUT2D eigenvalue weighted by atomic mass is 10.1. The van der Waals surface area contributed by atoms with Crippen LogP contribution in [0, 0.1) is 19.8 Å². The molecule has 0 bridgehead atoms. The van der Waals surface area contributed by atoms with Gasteiger partial charge in [-0.1, -0.05) is 12.1 Å². The summed E-state index contributed by atoms with van der Waals surface area (Å²) in [5.41, 5.74) is 3.82. The molecule has 1 saturated heterocycles. The van der Waals surface area contributed by atoms with Crippen molar-refractivity contribution in [2.45, 2.75) is 26.8 Å². The van der Waals surface area contributed by atoms with Crippen LogP contribution < -0.4 is 10.2 Å². The number of para-hydroxylation sites is 1. The maximum Gasteiger partial charge on any atom is 0.229 e. The van der Waals surface area contributed by atoms with Gasteiger partial charge in [0, 0.05) is 43.2 Å². The van der Waals surface area contributed by atoms with Gasteiger partial charge in [-0.25, -0.2) is 0 Å². The molecule has 2 amide bonds. The first-order valence-electron chi connectivity index (χ1n) is 8.96. The summed E-state index contributed by atoms with van der Waals surface area (Å²) in [5.74, 6) is 0.00424. The molecule has 2 N–H and O–H groups in total. The molecule has 1 aliphatic heterocycles. The minimum atomic E-state index is -0.384. The highest BCUT2D eigenvalue weighted by Gasteiger charge is 2.36. The van der Waals surface area contributed by atoms with Crippen molar-refractivity contribution < 1.29 is 9.59 Å². The van der Waals surface area contributed by atoms with Gasteiger partial charge in [-0.05, 0) is 26.0 Å². The molecule has 140 valence electrons. The molecule has 0 spiro atoms. The van der Waals surface area contributed by atoms with Crippen molar-refractivity contribution in [1.29, 1.82) is 0 Å². The predicted molar refractivity (Wildman–Crippen MR) is 101 cm³/mol. The van der Waals surface area contributed by atoms with Gasteiger partial charge in [-0.3, -0.25) is 24.3 Å². The fraction of sp³-hybridized carbons (Fsp3) is 0.368. The third-order valence-corrected chi connectivity index (χ3v) is 5.30. The Hall–Kier alpha value is -3.16. The minimum Gasteiger partial charge on any atom is -0.352 e. The smallest absolute Gasteiger partial charge is 0.229 e. The van der Waals surface area contributed by atoms with E-state index in [2.05, 4.69) is 20.6 Å². The third-order valence-electron chi connectivity index (χ3n) is 5.30. The van der Waals surface area contributed by atoms with Crippen molar-refractivity contribution >= 4 is 28.5 Å². The average molecular weight is 366 g/mol. The van der Waals surface area contributed by atoms with Crippen LogP contribution in [0.15, 0.2) is 24.3 Å². The number of nitrogens with one attached hydrogen (secondary N) is 2. The highest BCUT2D eigenvalue weighted by atomic mass is 16.2. The van der Waals surface area contributed by atoms with E-state index in [-0.39, 0.29) is 24.2 Å². The van der Waals surface area contributed by atoms with Crippen molar-refractivity contribution in [3.05, 3.63) is 41.2 Å². The van der Waals surface area contributed by atoms with Gasteiger partial charge in [0.25, 0.3) is 0 Å². The van der Waals surface area contributed by atoms with Crippen LogP contribution in [0.3, 0.4) is 0 Å². The molecular formula is C19H22N6O2. The molecule has 8 nitrogen and oxygen atoms in total. The van der Waals surface area contributed by atoms with Crippen molar-refractivity contribution in [3.63, 3.8) is 0 Å². The average Bonchev–Trinajstić information content (AvgIpc) is 3.30. The van der Waals surface area contributed by atoms with E-state index in [0.29, 0.717) is 18.9 Å². The summed E-state index contributed by atoms with van der Waals surface area (Å²) in [6.07, 6.45) is 0.192. The van der Waals surface area contributed by atoms with Crippen LogP contribution in [0.1, 0.15) is 23.4 Å². The van der Waals surface area contributed by atoms with Gasteiger partial charge in [0.15, 0.2) is 5.82 Å². The van der Waals surface area contributed by atoms with Gasteiger partial charge < -0.3 is 5.32 Å². The number of carbonyl (C=O) groups is 2. The van der Waals surface area contributed by atoms with Crippen LogP contribution in [-0.2, 0) is 23.2 Å². The van der Waals surface area contributed by atoms with E-state index in [1.54, 1.807) is 9.58 Å². The largest absolute Gasteiger partial charge is 0.352 e. The lowest BCUT2D eigenvalue weighted by Crippen LogP contribution is -2.33. The summed E-state index contributed by atoms with van der Waals surface area (Å²) in [5, 5.41) is 15.4. The molecule has 2 aromatic heterocycles. The number of H-pyrrole nitrogens is 1. The molecule has 1 fully saturated rings. The number of hydrogen-bond donors (Lipinski definition) is 2. The molecule has 0 radical (unpaired) electrons. The Bertz CT molecular complexity index is 1030. The fourth-order valence-electron chi connectivity index (χ4n) is 3.64. The second-order valence-corrected chi connectivity index (χ2v) is 6.99. The molecular weight excluding hydrogens is 344 g/mol. The molecule has 0 saturated carbocycles. The molecule has 27 heavy (non-hydrogen) atoms. The third kappa shape index (κ3) is 2.97. The Morgan fingerprint density at radius 2 is 2.11 bits per heavy atom. The number of carbonyl (C=O) groups excluding carboxylic acids is 2. The maximum atomic E-state index is 12.6. The first kappa shape index (κ1) is 17.3. The molecule has 0 aliphatic carbocycles. The summed E-state index contributed by atoms with van der Waals surface area (Å²) in [7, 11) is 1.88. The van der Waals surface area contributed by atoms with Crippen LogP contribution in [0.5, 0.6) is 0 Å². The van der Waals surface area contributed by atoms with E-state index in [9.17, 15) is 9.59 Å². The summed E-state index contributed by atoms with van der Waals surface area (Å²) in [6, 6.07) is 7.65. The van der Waals surface area contributed by atoms with Gasteiger partial charge in [0.2, 0.25) is 11.8 Å². The van der Waals surface area contributed by atoms with E-state index < -0.39 is 0 Å². The second-order valence-electron chi connectivity index (χ2n) is 6.99. The highest BCUT2D eigenvalue weighted by molar-refractivity contribution is 6.05. The predicted octanol–water partition coefficient (Wildman–Crippen LogP) is 1.58. The van der Waals surface area contributed by atoms with Crippen LogP contribution in [0.4, 0.5) is 5.82 Å². The summed E-state index contributed by atoms with van der Waals surface area (Å²) >= 11 is 0. The molecule has 1 aromatic carbocycles. The molecule has 3 heterocycles. The monoisotopic (exact) mass is 366 g/mol. The normalized spacial score (nSPS) is 17.1. The number of fused-ring (bicyclic) bond motifs is 1. The quantitative estimate of drug-likeness (QED) is 0.733. The number of rotatable bonds is 4. The standard InChI is InChI=1S/C19H22N6O2/c1-11-15(12(2)24(3)23-11)9-20-19(27)13-8-17(26)25(10-13)18-14-6-4-5-7-16(14)21-22-18/h4-7,13H,8-10H2,1-3H3,(H,20,27)(H,21,22)/t13-/m0/s1. The Kier molecular flexibility index (Phi) is 4.18. The Morgan fingerprint density at radius 3 is 2.85 bits per heavy atom. The van der Waals surface area contributed by atoms with E-state index in [1.807, 2.05) is 45.2 Å². The molecule has 3 aromatic rings. The maximum absolute atomic E-state index is 12.6. The van der Waals surface area contributed by atoms with Crippen molar-refractivity contribution in [2.24, 2.45) is 13.0 Å². The van der Waals surface area contributed by atoms with Crippen molar-refractivity contribution in [3.8, 4) is 0 Å². The van der Waals surface area contributed by atoms with Crippen molar-refractivity contribution in [2.75, 3.05) is 11.4 Å². The topological polar surface area (TPSA) is 95.9 Å². The first-order chi connectivity index (χ1) is 13.0. The first-order valence-corrected chi connectivity index (χ1v) is 8.96. The van der Waals surface area contributed by atoms with Gasteiger partial charge in [0.1, 0.15) is 0 Å². The number of aromatic amines is 1. The number of nitrogens with zero attached hydrogens (tertiary/aromatic N) is 4. The van der Waals surface area contributed by atoms with E-state index in [0.717, 1.165) is 27.9 Å². The van der Waals surface area contributed by atoms with E-state index >= 15 is 0 Å². The van der Waals surface area contributed by atoms with Crippen LogP contribution >= 0.6 is 0 Å². The molecule has 4 rings (SSSR count). The van der Waals surface area contributed by atoms with Crippen molar-refractivity contribution in [1.82, 2.24) is 25.3 Å². The van der Waals surface area contributed by atoms with Crippen LogP contribution in [-0.4, -0.2) is 38.3 Å². The molecule has 1 atom stereocenters. The van der Waals surface area contributed by atoms with Gasteiger partial charge >= 0.3 is 0 Å². The van der Waals surface area contributed by atoms with Crippen LogP contribution in [0.2, 0.25) is 0 Å². The zero-order chi connectivity index (χ0) is 19.1. The Balaban J connectivity index is 1.46.